The van der Waals surface area contributed by atoms with Crippen LogP contribution in [0, 0.1) is 0 Å². The van der Waals surface area contributed by atoms with E-state index in [-0.39, 0.29) is 5.91 Å². The number of hydrogen-bond donors (Lipinski definition) is 0. The summed E-state index contributed by atoms with van der Waals surface area (Å²) >= 11 is 0. The van der Waals surface area contributed by atoms with Crippen molar-refractivity contribution in [3.63, 3.8) is 0 Å². The molecule has 0 rings (SSSR count). The van der Waals surface area contributed by atoms with E-state index in [0.29, 0.717) is 56.8 Å². The Morgan fingerprint density at radius 2 is 0.735 bits per heavy atom. The van der Waals surface area contributed by atoms with E-state index in [1.807, 2.05) is 4.90 Å². The third-order valence-corrected chi connectivity index (χ3v) is 6.73. The van der Waals surface area contributed by atoms with Crippen LogP contribution in [0.5, 0.6) is 0 Å². The lowest BCUT2D eigenvalue weighted by atomic mass is 10.0. The zero-order valence-electron chi connectivity index (χ0n) is 23.1. The van der Waals surface area contributed by atoms with Gasteiger partial charge in [0.1, 0.15) is 11.6 Å². The Balaban J connectivity index is 4.31. The standard InChI is InChI=1S/C30H57NO3/c1-4-7-10-13-16-21-28(32)23-19-26-31(30(34)25-18-15-12-9-6-3)27-20-24-29(33)22-17-14-11-8-5-2/h4-27H2,1-3H3. The van der Waals surface area contributed by atoms with Crippen molar-refractivity contribution < 1.29 is 14.4 Å². The number of hydrogen-bond acceptors (Lipinski definition) is 3. The number of rotatable bonds is 26. The van der Waals surface area contributed by atoms with Crippen LogP contribution in [-0.2, 0) is 14.4 Å². The fraction of sp³-hybridized carbons (Fsp3) is 0.900. The summed E-state index contributed by atoms with van der Waals surface area (Å²) in [6.45, 7) is 7.91. The quantitative estimate of drug-likeness (QED) is 0.117. The molecule has 0 saturated heterocycles. The topological polar surface area (TPSA) is 54.5 Å². The zero-order valence-corrected chi connectivity index (χ0v) is 23.1. The summed E-state index contributed by atoms with van der Waals surface area (Å²) in [6, 6.07) is 0. The molecule has 0 aromatic rings. The second-order valence-corrected chi connectivity index (χ2v) is 10.2. The SMILES string of the molecule is CCCCCCCC(=O)CCCN(CCCC(=O)CCCCCCC)C(=O)CCCCCCC. The van der Waals surface area contributed by atoms with Gasteiger partial charge in [-0.25, -0.2) is 0 Å². The van der Waals surface area contributed by atoms with Gasteiger partial charge in [-0.1, -0.05) is 97.8 Å². The van der Waals surface area contributed by atoms with E-state index in [1.165, 1.54) is 57.8 Å². The Kier molecular flexibility index (Phi) is 24.0. The number of Topliss-reactive ketones (excluding diaryl/α,β-unsaturated/α-hetero) is 2. The molecule has 4 nitrogen and oxygen atoms in total. The van der Waals surface area contributed by atoms with Crippen molar-refractivity contribution in [2.45, 2.75) is 162 Å². The summed E-state index contributed by atoms with van der Waals surface area (Å²) in [7, 11) is 0. The Hall–Kier alpha value is -1.19. The van der Waals surface area contributed by atoms with Gasteiger partial charge in [-0.15, -0.1) is 0 Å². The minimum absolute atomic E-state index is 0.204. The Labute approximate surface area is 212 Å². The Bertz CT molecular complexity index is 471. The van der Waals surface area contributed by atoms with Crippen LogP contribution in [0.2, 0.25) is 0 Å². The van der Waals surface area contributed by atoms with Gasteiger partial charge in [0.2, 0.25) is 5.91 Å². The van der Waals surface area contributed by atoms with Crippen LogP contribution in [0.3, 0.4) is 0 Å². The molecular weight excluding hydrogens is 422 g/mol. The van der Waals surface area contributed by atoms with Crippen LogP contribution in [0.15, 0.2) is 0 Å². The summed E-state index contributed by atoms with van der Waals surface area (Å²) in [6.07, 6.45) is 22.0. The largest absolute Gasteiger partial charge is 0.343 e. The summed E-state index contributed by atoms with van der Waals surface area (Å²) in [5.41, 5.74) is 0. The fourth-order valence-electron chi connectivity index (χ4n) is 4.43. The first-order valence-corrected chi connectivity index (χ1v) is 14.9. The summed E-state index contributed by atoms with van der Waals surface area (Å²) in [5, 5.41) is 0. The van der Waals surface area contributed by atoms with Gasteiger partial charge in [-0.3, -0.25) is 14.4 Å². The molecule has 0 aromatic carbocycles. The van der Waals surface area contributed by atoms with Crippen LogP contribution < -0.4 is 0 Å². The van der Waals surface area contributed by atoms with E-state index >= 15 is 0 Å². The fourth-order valence-corrected chi connectivity index (χ4v) is 4.43. The summed E-state index contributed by atoms with van der Waals surface area (Å²) < 4.78 is 0. The van der Waals surface area contributed by atoms with Crippen LogP contribution >= 0.6 is 0 Å². The first-order chi connectivity index (χ1) is 16.5. The normalized spacial score (nSPS) is 11.0. The molecule has 0 aliphatic carbocycles. The molecule has 0 radical (unpaired) electrons. The number of amides is 1. The van der Waals surface area contributed by atoms with E-state index < -0.39 is 0 Å². The van der Waals surface area contributed by atoms with Gasteiger partial charge in [-0.05, 0) is 32.1 Å². The highest BCUT2D eigenvalue weighted by atomic mass is 16.2. The van der Waals surface area contributed by atoms with Gasteiger partial charge >= 0.3 is 0 Å². The van der Waals surface area contributed by atoms with E-state index in [2.05, 4.69) is 20.8 Å². The third kappa shape index (κ3) is 21.4. The molecule has 1 amide bonds. The van der Waals surface area contributed by atoms with E-state index in [1.54, 1.807) is 0 Å². The molecule has 0 saturated carbocycles. The highest BCUT2D eigenvalue weighted by Crippen LogP contribution is 2.12. The molecule has 0 unspecified atom stereocenters. The van der Waals surface area contributed by atoms with Crippen LogP contribution in [0.25, 0.3) is 0 Å². The number of carbonyl (C=O) groups is 3. The van der Waals surface area contributed by atoms with Crippen molar-refractivity contribution in [1.82, 2.24) is 4.90 Å². The Morgan fingerprint density at radius 3 is 1.12 bits per heavy atom. The van der Waals surface area contributed by atoms with Crippen molar-refractivity contribution >= 4 is 17.5 Å². The highest BCUT2D eigenvalue weighted by molar-refractivity contribution is 5.79. The second kappa shape index (κ2) is 24.9. The van der Waals surface area contributed by atoms with Crippen LogP contribution in [0.1, 0.15) is 162 Å². The van der Waals surface area contributed by atoms with E-state index in [0.717, 1.165) is 51.4 Å². The maximum absolute atomic E-state index is 12.8. The van der Waals surface area contributed by atoms with E-state index in [4.69, 9.17) is 0 Å². The number of nitrogens with zero attached hydrogens (tertiary/aromatic N) is 1. The predicted molar refractivity (Wildman–Crippen MR) is 145 cm³/mol. The van der Waals surface area contributed by atoms with Crippen LogP contribution in [0.4, 0.5) is 0 Å². The smallest absolute Gasteiger partial charge is 0.222 e. The van der Waals surface area contributed by atoms with E-state index in [9.17, 15) is 14.4 Å². The van der Waals surface area contributed by atoms with Crippen molar-refractivity contribution in [1.29, 1.82) is 0 Å². The van der Waals surface area contributed by atoms with Crippen LogP contribution in [-0.4, -0.2) is 35.5 Å². The first-order valence-electron chi connectivity index (χ1n) is 14.9. The van der Waals surface area contributed by atoms with Crippen molar-refractivity contribution in [2.75, 3.05) is 13.1 Å². The van der Waals surface area contributed by atoms with Gasteiger partial charge in [-0.2, -0.15) is 0 Å². The number of unbranched alkanes of at least 4 members (excludes halogenated alkanes) is 12. The first kappa shape index (κ1) is 32.8. The lowest BCUT2D eigenvalue weighted by Gasteiger charge is -2.23. The van der Waals surface area contributed by atoms with Gasteiger partial charge < -0.3 is 4.90 Å². The van der Waals surface area contributed by atoms with Gasteiger partial charge in [0.15, 0.2) is 0 Å². The molecule has 0 N–H and O–H groups in total. The minimum Gasteiger partial charge on any atom is -0.343 e. The van der Waals surface area contributed by atoms with Gasteiger partial charge in [0, 0.05) is 45.2 Å². The molecule has 0 heterocycles. The molecule has 0 fully saturated rings. The average molecular weight is 480 g/mol. The maximum Gasteiger partial charge on any atom is 0.222 e. The highest BCUT2D eigenvalue weighted by Gasteiger charge is 2.14. The van der Waals surface area contributed by atoms with Crippen molar-refractivity contribution in [3.05, 3.63) is 0 Å². The predicted octanol–water partition coefficient (Wildman–Crippen LogP) is 8.60. The maximum atomic E-state index is 12.8. The molecule has 0 aliphatic heterocycles. The third-order valence-electron chi connectivity index (χ3n) is 6.73. The van der Waals surface area contributed by atoms with Crippen molar-refractivity contribution in [2.24, 2.45) is 0 Å². The van der Waals surface area contributed by atoms with Crippen molar-refractivity contribution in [3.8, 4) is 0 Å². The molecule has 34 heavy (non-hydrogen) atoms. The molecule has 0 spiro atoms. The minimum atomic E-state index is 0.204. The van der Waals surface area contributed by atoms with Gasteiger partial charge in [0.05, 0.1) is 0 Å². The second-order valence-electron chi connectivity index (χ2n) is 10.2. The Morgan fingerprint density at radius 1 is 0.412 bits per heavy atom. The number of carbonyl (C=O) groups excluding carboxylic acids is 3. The lowest BCUT2D eigenvalue weighted by molar-refractivity contribution is -0.132. The monoisotopic (exact) mass is 479 g/mol. The molecule has 0 aromatic heterocycles. The van der Waals surface area contributed by atoms with Gasteiger partial charge in [0.25, 0.3) is 0 Å². The molecule has 0 aliphatic rings. The molecule has 0 bridgehead atoms. The average Bonchev–Trinajstić information content (AvgIpc) is 2.82. The zero-order chi connectivity index (χ0) is 25.3. The molecule has 200 valence electrons. The summed E-state index contributed by atoms with van der Waals surface area (Å²) in [4.78, 5) is 39.2. The summed E-state index contributed by atoms with van der Waals surface area (Å²) in [5.74, 6) is 0.874. The molecule has 0 atom stereocenters. The molecule has 4 heteroatoms. The number of ketones is 2. The molecular formula is C30H57NO3. The lowest BCUT2D eigenvalue weighted by Crippen LogP contribution is -2.33.